The van der Waals surface area contributed by atoms with Crippen LogP contribution >= 0.6 is 27.5 Å². The fourth-order valence-electron chi connectivity index (χ4n) is 5.69. The van der Waals surface area contributed by atoms with Gasteiger partial charge in [0, 0.05) is 22.2 Å². The summed E-state index contributed by atoms with van der Waals surface area (Å²) in [4.78, 5) is 16.3. The smallest absolute Gasteiger partial charge is 0.231 e. The van der Waals surface area contributed by atoms with Gasteiger partial charge in [0.1, 0.15) is 6.04 Å². The molecule has 182 valence electrons. The van der Waals surface area contributed by atoms with Crippen molar-refractivity contribution in [1.29, 1.82) is 10.5 Å². The number of Topliss-reactive ketones (excluding diaryl/α,β-unsaturated/α-hetero) is 1. The lowest BCUT2D eigenvalue weighted by molar-refractivity contribution is 0.0950. The second-order valence-electron chi connectivity index (χ2n) is 9.36. The second-order valence-corrected chi connectivity index (χ2v) is 10.6. The first-order valence-electron chi connectivity index (χ1n) is 11.7. The van der Waals surface area contributed by atoms with Gasteiger partial charge in [-0.25, -0.2) is 0 Å². The zero-order valence-corrected chi connectivity index (χ0v) is 22.0. The molecule has 0 N–H and O–H groups in total. The molecule has 6 nitrogen and oxygen atoms in total. The molecule has 1 fully saturated rings. The van der Waals surface area contributed by atoms with Crippen LogP contribution in [0.3, 0.4) is 0 Å². The van der Waals surface area contributed by atoms with Crippen LogP contribution in [-0.2, 0) is 0 Å². The summed E-state index contributed by atoms with van der Waals surface area (Å²) in [6.07, 6.45) is 3.71. The average molecular weight is 573 g/mol. The number of hydrogen-bond donors (Lipinski definition) is 0. The van der Waals surface area contributed by atoms with E-state index in [4.69, 9.17) is 21.1 Å². The van der Waals surface area contributed by atoms with E-state index in [1.807, 2.05) is 54.3 Å². The first-order valence-corrected chi connectivity index (χ1v) is 12.8. The first-order chi connectivity index (χ1) is 17.9. The monoisotopic (exact) mass is 571 g/mol. The number of halogens is 2. The zero-order chi connectivity index (χ0) is 25.9. The van der Waals surface area contributed by atoms with Crippen LogP contribution in [0.1, 0.15) is 33.0 Å². The quantitative estimate of drug-likeness (QED) is 0.337. The van der Waals surface area contributed by atoms with Gasteiger partial charge >= 0.3 is 0 Å². The van der Waals surface area contributed by atoms with E-state index in [0.29, 0.717) is 32.1 Å². The number of benzene rings is 3. The van der Waals surface area contributed by atoms with Crippen LogP contribution < -0.4 is 14.4 Å². The maximum atomic E-state index is 14.4. The van der Waals surface area contributed by atoms with Crippen LogP contribution in [0, 0.1) is 35.0 Å². The number of nitrogens with zero attached hydrogens (tertiary/aromatic N) is 3. The maximum absolute atomic E-state index is 14.4. The van der Waals surface area contributed by atoms with Crippen LogP contribution in [0.15, 0.2) is 65.1 Å². The van der Waals surface area contributed by atoms with Crippen LogP contribution in [0.5, 0.6) is 11.5 Å². The summed E-state index contributed by atoms with van der Waals surface area (Å²) < 4.78 is 11.8. The van der Waals surface area contributed by atoms with Gasteiger partial charge < -0.3 is 14.4 Å². The topological polar surface area (TPSA) is 86.3 Å². The Bertz CT molecular complexity index is 1560. The molecular formula is C29H19BrClN3O3. The highest BCUT2D eigenvalue weighted by Gasteiger charge is 2.64. The fraction of sp³-hybridized carbons (Fsp3) is 0.207. The Labute approximate surface area is 227 Å². The SMILES string of the molecule is Cc1ccc(C(=O)[C@@H]2[C@@H](c3ccc4c(c3Br)OCO4)C(C#N)(C#N)[C@H]3C=Cc4cc(Cl)ccc4N23)cc1. The molecule has 8 heteroatoms. The average Bonchev–Trinajstić information content (AvgIpc) is 3.50. The van der Waals surface area contributed by atoms with Gasteiger partial charge in [-0.1, -0.05) is 59.6 Å². The standard InChI is InChI=1S/C29H19BrClN3O3/c1-16-2-4-17(5-3-16)27(35)26-24(20-8-10-22-28(25(20)30)37-15-36-22)29(13-32,14-33)23-11-6-18-12-19(31)7-9-21(18)34(23)26/h2-12,23-24,26H,15H2,1H3/t23-,24-,26+/m1/s1. The number of carbonyl (C=O) groups excluding carboxylic acids is 1. The number of fused-ring (bicyclic) bond motifs is 4. The maximum Gasteiger partial charge on any atom is 0.231 e. The minimum absolute atomic E-state index is 0.0705. The van der Waals surface area contributed by atoms with E-state index in [1.165, 1.54) is 0 Å². The molecule has 0 saturated carbocycles. The summed E-state index contributed by atoms with van der Waals surface area (Å²) in [7, 11) is 0. The van der Waals surface area contributed by atoms with Crippen molar-refractivity contribution in [2.75, 3.05) is 11.7 Å². The summed E-state index contributed by atoms with van der Waals surface area (Å²) in [5.74, 6) is 0.0724. The molecule has 3 atom stereocenters. The van der Waals surface area contributed by atoms with E-state index in [-0.39, 0.29) is 12.6 Å². The number of ether oxygens (including phenoxy) is 2. The summed E-state index contributed by atoms with van der Waals surface area (Å²) in [5, 5.41) is 21.8. The number of carbonyl (C=O) groups is 1. The number of hydrogen-bond acceptors (Lipinski definition) is 6. The molecule has 0 radical (unpaired) electrons. The Morgan fingerprint density at radius 3 is 2.59 bits per heavy atom. The van der Waals surface area contributed by atoms with Crippen LogP contribution in [0.25, 0.3) is 6.08 Å². The van der Waals surface area contributed by atoms with E-state index in [1.54, 1.807) is 24.3 Å². The highest BCUT2D eigenvalue weighted by atomic mass is 79.9. The predicted molar refractivity (Wildman–Crippen MR) is 143 cm³/mol. The molecule has 3 aliphatic heterocycles. The molecule has 3 aromatic carbocycles. The Morgan fingerprint density at radius 1 is 1.11 bits per heavy atom. The van der Waals surface area contributed by atoms with Crippen molar-refractivity contribution >= 4 is 45.1 Å². The summed E-state index contributed by atoms with van der Waals surface area (Å²) in [6, 6.07) is 19.5. The highest BCUT2D eigenvalue weighted by Crippen LogP contribution is 2.58. The number of ketones is 1. The summed E-state index contributed by atoms with van der Waals surface area (Å²) in [5.41, 5.74) is 2.16. The van der Waals surface area contributed by atoms with E-state index >= 15 is 0 Å². The Balaban J connectivity index is 1.63. The van der Waals surface area contributed by atoms with E-state index in [9.17, 15) is 15.3 Å². The van der Waals surface area contributed by atoms with Gasteiger partial charge in [-0.15, -0.1) is 0 Å². The van der Waals surface area contributed by atoms with Gasteiger partial charge in [0.05, 0.1) is 22.7 Å². The summed E-state index contributed by atoms with van der Waals surface area (Å²) >= 11 is 9.93. The van der Waals surface area contributed by atoms with Gasteiger partial charge in [-0.05, 0) is 58.2 Å². The van der Waals surface area contributed by atoms with Crippen molar-refractivity contribution in [2.45, 2.75) is 24.9 Å². The van der Waals surface area contributed by atoms with Gasteiger partial charge in [0.15, 0.2) is 22.7 Å². The molecule has 0 unspecified atom stereocenters. The van der Waals surface area contributed by atoms with Gasteiger partial charge in [-0.3, -0.25) is 4.79 Å². The van der Waals surface area contributed by atoms with E-state index in [2.05, 4.69) is 28.1 Å². The van der Waals surface area contributed by atoms with Crippen molar-refractivity contribution in [1.82, 2.24) is 0 Å². The minimum Gasteiger partial charge on any atom is -0.454 e. The molecule has 3 heterocycles. The third kappa shape index (κ3) is 3.39. The largest absolute Gasteiger partial charge is 0.454 e. The van der Waals surface area contributed by atoms with Crippen molar-refractivity contribution in [2.24, 2.45) is 5.41 Å². The summed E-state index contributed by atoms with van der Waals surface area (Å²) in [6.45, 7) is 2.03. The van der Waals surface area contributed by atoms with E-state index < -0.39 is 23.4 Å². The molecule has 0 aliphatic carbocycles. The van der Waals surface area contributed by atoms with Crippen molar-refractivity contribution in [3.8, 4) is 23.6 Å². The molecule has 3 aliphatic rings. The van der Waals surface area contributed by atoms with Crippen molar-refractivity contribution in [3.05, 3.63) is 92.4 Å². The predicted octanol–water partition coefficient (Wildman–Crippen LogP) is 6.42. The zero-order valence-electron chi connectivity index (χ0n) is 19.6. The van der Waals surface area contributed by atoms with Gasteiger partial charge in [0.2, 0.25) is 6.79 Å². The van der Waals surface area contributed by atoms with Crippen LogP contribution in [-0.4, -0.2) is 24.7 Å². The lowest BCUT2D eigenvalue weighted by Crippen LogP contribution is -2.44. The first kappa shape index (κ1) is 23.6. The van der Waals surface area contributed by atoms with Crippen LogP contribution in [0.4, 0.5) is 5.69 Å². The lowest BCUT2D eigenvalue weighted by Gasteiger charge is -2.35. The molecule has 0 bridgehead atoms. The molecular weight excluding hydrogens is 554 g/mol. The fourth-order valence-corrected chi connectivity index (χ4v) is 6.56. The molecule has 0 spiro atoms. The number of rotatable bonds is 3. The third-order valence-electron chi connectivity index (χ3n) is 7.42. The van der Waals surface area contributed by atoms with Gasteiger partial charge in [0.25, 0.3) is 0 Å². The number of anilines is 1. The van der Waals surface area contributed by atoms with Crippen molar-refractivity contribution < 1.29 is 14.3 Å². The Kier molecular flexibility index (Phi) is 5.53. The third-order valence-corrected chi connectivity index (χ3v) is 8.47. The highest BCUT2D eigenvalue weighted by molar-refractivity contribution is 9.10. The molecule has 6 rings (SSSR count). The Hall–Kier alpha value is -3.78. The molecule has 0 amide bonds. The molecule has 37 heavy (non-hydrogen) atoms. The molecule has 1 saturated heterocycles. The van der Waals surface area contributed by atoms with E-state index in [0.717, 1.165) is 16.8 Å². The Morgan fingerprint density at radius 2 is 1.86 bits per heavy atom. The second kappa shape index (κ2) is 8.66. The lowest BCUT2D eigenvalue weighted by atomic mass is 9.69. The van der Waals surface area contributed by atoms with Crippen molar-refractivity contribution in [3.63, 3.8) is 0 Å². The number of nitriles is 2. The molecule has 0 aromatic heterocycles. The van der Waals surface area contributed by atoms with Gasteiger partial charge in [-0.2, -0.15) is 10.5 Å². The molecule has 3 aromatic rings. The minimum atomic E-state index is -1.57. The normalized spacial score (nSPS) is 22.1. The van der Waals surface area contributed by atoms with Crippen LogP contribution in [0.2, 0.25) is 5.02 Å². The number of aryl methyl sites for hydroxylation is 1.